The first-order chi connectivity index (χ1) is 10.0. The van der Waals surface area contributed by atoms with Crippen molar-refractivity contribution in [1.82, 2.24) is 4.90 Å². The van der Waals surface area contributed by atoms with Crippen LogP contribution >= 0.6 is 0 Å². The van der Waals surface area contributed by atoms with Gasteiger partial charge in [0.1, 0.15) is 0 Å². The Morgan fingerprint density at radius 2 is 2.00 bits per heavy atom. The topological polar surface area (TPSA) is 47.7 Å². The van der Waals surface area contributed by atoms with Gasteiger partial charge in [-0.15, -0.1) is 0 Å². The summed E-state index contributed by atoms with van der Waals surface area (Å²) in [5.74, 6) is 0.318. The van der Waals surface area contributed by atoms with E-state index in [1.807, 2.05) is 13.1 Å². The Balaban J connectivity index is 2.98. The minimum Gasteiger partial charge on any atom is -0.493 e. The van der Waals surface area contributed by atoms with Crippen LogP contribution in [0, 0.1) is 0 Å². The number of hydrogen-bond acceptors (Lipinski definition) is 4. The van der Waals surface area contributed by atoms with E-state index in [1.165, 1.54) is 7.11 Å². The number of nitrogens with zero attached hydrogens (tertiary/aromatic N) is 1. The number of alkyl halides is 2. The fourth-order valence-corrected chi connectivity index (χ4v) is 2.22. The number of likely N-dealkylation sites (N-methyl/N-ethyl adjacent to an activating group) is 1. The maximum Gasteiger partial charge on any atom is 0.387 e. The first-order valence-corrected chi connectivity index (χ1v) is 7.06. The van der Waals surface area contributed by atoms with Crippen LogP contribution in [0.25, 0.3) is 0 Å². The van der Waals surface area contributed by atoms with E-state index in [-0.39, 0.29) is 17.5 Å². The van der Waals surface area contributed by atoms with Crippen molar-refractivity contribution >= 4 is 0 Å². The number of hydrogen-bond donors (Lipinski definition) is 1. The molecule has 0 heterocycles. The summed E-state index contributed by atoms with van der Waals surface area (Å²) >= 11 is 0. The van der Waals surface area contributed by atoms with E-state index in [9.17, 15) is 8.78 Å². The van der Waals surface area contributed by atoms with E-state index in [0.29, 0.717) is 6.54 Å². The molecule has 1 aromatic rings. The molecule has 6 heteroatoms. The van der Waals surface area contributed by atoms with Crippen LogP contribution in [0.1, 0.15) is 31.4 Å². The Hall–Kier alpha value is -1.40. The van der Waals surface area contributed by atoms with E-state index in [4.69, 9.17) is 10.5 Å². The molecule has 21 heavy (non-hydrogen) atoms. The standard InChI is InChI=1S/C15H24F2N2O2/c1-4-5-8-19(2)12(10-18)11-6-7-13(20-3)14(9-11)21-15(16)17/h6-7,9,12,15H,4-5,8,10,18H2,1-3H3. The van der Waals surface area contributed by atoms with Gasteiger partial charge >= 0.3 is 6.61 Å². The van der Waals surface area contributed by atoms with Crippen molar-refractivity contribution in [2.45, 2.75) is 32.4 Å². The molecule has 1 atom stereocenters. The zero-order valence-corrected chi connectivity index (χ0v) is 12.8. The highest BCUT2D eigenvalue weighted by molar-refractivity contribution is 5.44. The highest BCUT2D eigenvalue weighted by Gasteiger charge is 2.18. The summed E-state index contributed by atoms with van der Waals surface area (Å²) in [6.45, 7) is 0.534. The Kier molecular flexibility index (Phi) is 7.39. The van der Waals surface area contributed by atoms with Gasteiger partial charge < -0.3 is 15.2 Å². The monoisotopic (exact) mass is 302 g/mol. The van der Waals surface area contributed by atoms with Gasteiger partial charge in [0, 0.05) is 12.6 Å². The average Bonchev–Trinajstić information content (AvgIpc) is 2.45. The van der Waals surface area contributed by atoms with Gasteiger partial charge in [-0.3, -0.25) is 4.90 Å². The van der Waals surface area contributed by atoms with Crippen molar-refractivity contribution in [2.75, 3.05) is 27.2 Å². The minimum absolute atomic E-state index is 0.0346. The van der Waals surface area contributed by atoms with Gasteiger partial charge in [0.15, 0.2) is 11.5 Å². The van der Waals surface area contributed by atoms with Crippen LogP contribution in [0.5, 0.6) is 11.5 Å². The second-order valence-corrected chi connectivity index (χ2v) is 4.87. The lowest BCUT2D eigenvalue weighted by Gasteiger charge is -2.27. The van der Waals surface area contributed by atoms with Crippen LogP contribution < -0.4 is 15.2 Å². The van der Waals surface area contributed by atoms with Crippen molar-refractivity contribution in [1.29, 1.82) is 0 Å². The Morgan fingerprint density at radius 3 is 2.52 bits per heavy atom. The largest absolute Gasteiger partial charge is 0.493 e. The molecular formula is C15H24F2N2O2. The molecule has 1 aromatic carbocycles. The second-order valence-electron chi connectivity index (χ2n) is 4.87. The SMILES string of the molecule is CCCCN(C)C(CN)c1ccc(OC)c(OC(F)F)c1. The van der Waals surface area contributed by atoms with E-state index in [0.717, 1.165) is 24.9 Å². The third-order valence-electron chi connectivity index (χ3n) is 3.41. The molecule has 0 spiro atoms. The molecule has 0 bridgehead atoms. The number of methoxy groups -OCH3 is 1. The summed E-state index contributed by atoms with van der Waals surface area (Å²) in [6, 6.07) is 4.99. The zero-order chi connectivity index (χ0) is 15.8. The molecule has 0 saturated carbocycles. The molecule has 0 aliphatic rings. The Labute approximate surface area is 124 Å². The van der Waals surface area contributed by atoms with Gasteiger partial charge in [-0.25, -0.2) is 0 Å². The lowest BCUT2D eigenvalue weighted by Crippen LogP contribution is -2.31. The first kappa shape index (κ1) is 17.7. The molecule has 0 fully saturated rings. The second kappa shape index (κ2) is 8.79. The van der Waals surface area contributed by atoms with E-state index < -0.39 is 6.61 Å². The molecular weight excluding hydrogens is 278 g/mol. The maximum absolute atomic E-state index is 12.5. The molecule has 0 amide bonds. The molecule has 0 aliphatic heterocycles. The molecule has 0 aromatic heterocycles. The minimum atomic E-state index is -2.89. The summed E-state index contributed by atoms with van der Waals surface area (Å²) in [5, 5.41) is 0. The van der Waals surface area contributed by atoms with E-state index in [1.54, 1.807) is 12.1 Å². The molecule has 1 rings (SSSR count). The normalized spacial score (nSPS) is 12.8. The summed E-state index contributed by atoms with van der Waals surface area (Å²) in [7, 11) is 3.40. The van der Waals surface area contributed by atoms with Crippen LogP contribution in [0.15, 0.2) is 18.2 Å². The quantitative estimate of drug-likeness (QED) is 0.761. The average molecular weight is 302 g/mol. The van der Waals surface area contributed by atoms with Crippen LogP contribution in [-0.2, 0) is 0 Å². The fourth-order valence-electron chi connectivity index (χ4n) is 2.22. The lowest BCUT2D eigenvalue weighted by molar-refractivity contribution is -0.0513. The predicted molar refractivity (Wildman–Crippen MR) is 79.0 cm³/mol. The van der Waals surface area contributed by atoms with E-state index >= 15 is 0 Å². The molecule has 0 saturated heterocycles. The Morgan fingerprint density at radius 1 is 1.29 bits per heavy atom. The predicted octanol–water partition coefficient (Wildman–Crippen LogP) is 3.03. The first-order valence-electron chi connectivity index (χ1n) is 7.06. The lowest BCUT2D eigenvalue weighted by atomic mass is 10.0. The van der Waals surface area contributed by atoms with Crippen molar-refractivity contribution in [3.8, 4) is 11.5 Å². The summed E-state index contributed by atoms with van der Waals surface area (Å²) in [6.07, 6.45) is 2.15. The molecule has 1 unspecified atom stereocenters. The molecule has 4 nitrogen and oxygen atoms in total. The number of nitrogens with two attached hydrogens (primary N) is 1. The van der Waals surface area contributed by atoms with Gasteiger partial charge in [-0.05, 0) is 37.7 Å². The number of benzene rings is 1. The van der Waals surface area contributed by atoms with Gasteiger partial charge in [0.05, 0.1) is 7.11 Å². The third kappa shape index (κ3) is 5.13. The molecule has 0 radical (unpaired) electrons. The summed E-state index contributed by atoms with van der Waals surface area (Å²) in [5.41, 5.74) is 6.68. The third-order valence-corrected chi connectivity index (χ3v) is 3.41. The van der Waals surface area contributed by atoms with Crippen molar-refractivity contribution in [2.24, 2.45) is 5.73 Å². The summed E-state index contributed by atoms with van der Waals surface area (Å²) in [4.78, 5) is 2.12. The van der Waals surface area contributed by atoms with Crippen LogP contribution in [0.4, 0.5) is 8.78 Å². The van der Waals surface area contributed by atoms with Crippen LogP contribution in [0.2, 0.25) is 0 Å². The number of halogens is 2. The fraction of sp³-hybridized carbons (Fsp3) is 0.600. The molecule has 120 valence electrons. The highest BCUT2D eigenvalue weighted by Crippen LogP contribution is 2.32. The van der Waals surface area contributed by atoms with Gasteiger partial charge in [-0.1, -0.05) is 19.4 Å². The smallest absolute Gasteiger partial charge is 0.387 e. The molecule has 2 N–H and O–H groups in total. The highest BCUT2D eigenvalue weighted by atomic mass is 19.3. The maximum atomic E-state index is 12.5. The number of unbranched alkanes of at least 4 members (excludes halogenated alkanes) is 1. The van der Waals surface area contributed by atoms with Crippen molar-refractivity contribution in [3.63, 3.8) is 0 Å². The number of rotatable bonds is 9. The zero-order valence-electron chi connectivity index (χ0n) is 12.8. The van der Waals surface area contributed by atoms with Crippen LogP contribution in [0.3, 0.4) is 0 Å². The van der Waals surface area contributed by atoms with E-state index in [2.05, 4.69) is 16.6 Å². The van der Waals surface area contributed by atoms with Gasteiger partial charge in [-0.2, -0.15) is 8.78 Å². The summed E-state index contributed by atoms with van der Waals surface area (Å²) < 4.78 is 34.5. The van der Waals surface area contributed by atoms with Crippen LogP contribution in [-0.4, -0.2) is 38.8 Å². The number of ether oxygens (including phenoxy) is 2. The van der Waals surface area contributed by atoms with Crippen molar-refractivity contribution < 1.29 is 18.3 Å². The Bertz CT molecular complexity index is 430. The van der Waals surface area contributed by atoms with Crippen molar-refractivity contribution in [3.05, 3.63) is 23.8 Å². The van der Waals surface area contributed by atoms with Gasteiger partial charge in [0.25, 0.3) is 0 Å². The van der Waals surface area contributed by atoms with Gasteiger partial charge in [0.2, 0.25) is 0 Å². The molecule has 0 aliphatic carbocycles.